The summed E-state index contributed by atoms with van der Waals surface area (Å²) in [6.07, 6.45) is 2.02. The molecule has 0 fully saturated rings. The van der Waals surface area contributed by atoms with Crippen molar-refractivity contribution in [3.05, 3.63) is 65.0 Å². The van der Waals surface area contributed by atoms with Crippen LogP contribution < -0.4 is 11.1 Å². The third-order valence-electron chi connectivity index (χ3n) is 3.22. The van der Waals surface area contributed by atoms with Crippen LogP contribution in [0, 0.1) is 0 Å². The zero-order valence-electron chi connectivity index (χ0n) is 12.4. The van der Waals surface area contributed by atoms with Gasteiger partial charge in [-0.1, -0.05) is 47.7 Å². The number of carbonyl (C=O) groups excluding carboxylic acids is 1. The zero-order valence-corrected chi connectivity index (χ0v) is 14.1. The molecule has 4 nitrogen and oxygen atoms in total. The van der Waals surface area contributed by atoms with Crippen molar-refractivity contribution in [2.75, 3.05) is 17.3 Å². The number of benzene rings is 2. The Morgan fingerprint density at radius 2 is 1.96 bits per heavy atom. The van der Waals surface area contributed by atoms with Crippen LogP contribution in [0.15, 0.2) is 59.5 Å². The lowest BCUT2D eigenvalue weighted by Crippen LogP contribution is -2.02. The number of aromatic nitrogens is 1. The van der Waals surface area contributed by atoms with E-state index in [0.29, 0.717) is 15.6 Å². The summed E-state index contributed by atoms with van der Waals surface area (Å²) in [5.74, 6) is 0.152. The van der Waals surface area contributed by atoms with Gasteiger partial charge in [0.2, 0.25) is 5.78 Å². The van der Waals surface area contributed by atoms with E-state index in [2.05, 4.69) is 10.3 Å². The number of rotatable bonds is 5. The Bertz CT molecular complexity index is 831. The molecule has 0 radical (unpaired) electrons. The first kappa shape index (κ1) is 15.6. The Kier molecular flexibility index (Phi) is 4.64. The van der Waals surface area contributed by atoms with E-state index in [0.717, 1.165) is 10.6 Å². The summed E-state index contributed by atoms with van der Waals surface area (Å²) >= 11 is 2.94. The smallest absolute Gasteiger partial charge is 0.206 e. The molecule has 3 rings (SSSR count). The van der Waals surface area contributed by atoms with Crippen LogP contribution in [-0.4, -0.2) is 17.0 Å². The summed E-state index contributed by atoms with van der Waals surface area (Å²) in [6, 6.07) is 17.1. The number of nitrogen functional groups attached to an aromatic ring is 1. The SMILES string of the molecule is CSc1cccc(Nc2nc(N)c(C(=O)c3ccccc3)s2)c1. The zero-order chi connectivity index (χ0) is 16.2. The lowest BCUT2D eigenvalue weighted by molar-refractivity contribution is 0.104. The molecule has 0 saturated carbocycles. The van der Waals surface area contributed by atoms with Crippen molar-refractivity contribution in [3.8, 4) is 0 Å². The van der Waals surface area contributed by atoms with Crippen molar-refractivity contribution in [2.45, 2.75) is 4.90 Å². The summed E-state index contributed by atoms with van der Waals surface area (Å²) in [4.78, 5) is 18.4. The first-order valence-electron chi connectivity index (χ1n) is 6.94. The van der Waals surface area contributed by atoms with Gasteiger partial charge >= 0.3 is 0 Å². The number of nitrogens with one attached hydrogen (secondary N) is 1. The van der Waals surface area contributed by atoms with E-state index >= 15 is 0 Å². The van der Waals surface area contributed by atoms with E-state index in [1.807, 2.05) is 48.7 Å². The third kappa shape index (κ3) is 3.55. The van der Waals surface area contributed by atoms with Crippen LogP contribution in [0.5, 0.6) is 0 Å². The van der Waals surface area contributed by atoms with Crippen molar-refractivity contribution in [2.24, 2.45) is 0 Å². The van der Waals surface area contributed by atoms with Gasteiger partial charge in [-0.05, 0) is 24.5 Å². The molecule has 2 aromatic carbocycles. The van der Waals surface area contributed by atoms with Crippen molar-refractivity contribution in [1.29, 1.82) is 0 Å². The average molecular weight is 341 g/mol. The van der Waals surface area contributed by atoms with Gasteiger partial charge in [0.1, 0.15) is 10.7 Å². The second-order valence-corrected chi connectivity index (χ2v) is 6.66. The van der Waals surface area contributed by atoms with Crippen molar-refractivity contribution >= 4 is 45.5 Å². The fraction of sp³-hybridized carbons (Fsp3) is 0.0588. The molecule has 0 bridgehead atoms. The highest BCUT2D eigenvalue weighted by atomic mass is 32.2. The Morgan fingerprint density at radius 1 is 1.17 bits per heavy atom. The maximum absolute atomic E-state index is 12.5. The molecule has 0 aliphatic rings. The number of anilines is 3. The van der Waals surface area contributed by atoms with Gasteiger partial charge in [0.25, 0.3) is 0 Å². The Balaban J connectivity index is 1.85. The summed E-state index contributed by atoms with van der Waals surface area (Å²) in [6.45, 7) is 0. The third-order valence-corrected chi connectivity index (χ3v) is 4.93. The van der Waals surface area contributed by atoms with E-state index in [4.69, 9.17) is 5.73 Å². The molecule has 6 heteroatoms. The predicted octanol–water partition coefficient (Wildman–Crippen LogP) is 4.42. The van der Waals surface area contributed by atoms with Crippen molar-refractivity contribution in [3.63, 3.8) is 0 Å². The molecule has 0 aliphatic heterocycles. The molecule has 0 spiro atoms. The topological polar surface area (TPSA) is 68.0 Å². The van der Waals surface area contributed by atoms with Gasteiger partial charge in [-0.3, -0.25) is 4.79 Å². The average Bonchev–Trinajstić information content (AvgIpc) is 2.95. The first-order valence-corrected chi connectivity index (χ1v) is 8.98. The van der Waals surface area contributed by atoms with Gasteiger partial charge in [-0.15, -0.1) is 11.8 Å². The van der Waals surface area contributed by atoms with Gasteiger partial charge in [0, 0.05) is 16.1 Å². The molecule has 116 valence electrons. The standard InChI is InChI=1S/C17H15N3OS2/c1-22-13-9-5-8-12(10-13)19-17-20-16(18)15(23-17)14(21)11-6-3-2-4-7-11/h2-10H,18H2,1H3,(H,19,20). The van der Waals surface area contributed by atoms with Gasteiger partial charge in [-0.2, -0.15) is 0 Å². The second-order valence-electron chi connectivity index (χ2n) is 4.79. The number of carbonyl (C=O) groups is 1. The van der Waals surface area contributed by atoms with E-state index in [-0.39, 0.29) is 11.6 Å². The first-order chi connectivity index (χ1) is 11.2. The van der Waals surface area contributed by atoms with Gasteiger partial charge in [0.15, 0.2) is 5.13 Å². The van der Waals surface area contributed by atoms with Crippen molar-refractivity contribution in [1.82, 2.24) is 4.98 Å². The number of thiazole rings is 1. The minimum Gasteiger partial charge on any atom is -0.382 e. The highest BCUT2D eigenvalue weighted by molar-refractivity contribution is 7.98. The monoisotopic (exact) mass is 341 g/mol. The number of hydrogen-bond acceptors (Lipinski definition) is 6. The maximum atomic E-state index is 12.5. The molecule has 0 atom stereocenters. The molecule has 23 heavy (non-hydrogen) atoms. The number of nitrogens with zero attached hydrogens (tertiary/aromatic N) is 1. The molecular weight excluding hydrogens is 326 g/mol. The highest BCUT2D eigenvalue weighted by Gasteiger charge is 2.17. The van der Waals surface area contributed by atoms with Crippen molar-refractivity contribution < 1.29 is 4.79 Å². The van der Waals surface area contributed by atoms with E-state index in [1.54, 1.807) is 23.9 Å². The van der Waals surface area contributed by atoms with Crippen LogP contribution in [0.3, 0.4) is 0 Å². The largest absolute Gasteiger partial charge is 0.382 e. The van der Waals surface area contributed by atoms with Crippen LogP contribution in [0.4, 0.5) is 16.6 Å². The Labute approximate surface area is 142 Å². The molecule has 0 saturated heterocycles. The van der Waals surface area contributed by atoms with Crippen LogP contribution >= 0.6 is 23.1 Å². The minimum atomic E-state index is -0.105. The summed E-state index contributed by atoms with van der Waals surface area (Å²) in [7, 11) is 0. The Morgan fingerprint density at radius 3 is 2.70 bits per heavy atom. The van der Waals surface area contributed by atoms with Gasteiger partial charge in [0.05, 0.1) is 0 Å². The van der Waals surface area contributed by atoms with Gasteiger partial charge in [-0.25, -0.2) is 4.98 Å². The minimum absolute atomic E-state index is 0.105. The molecule has 0 amide bonds. The molecule has 0 unspecified atom stereocenters. The molecule has 3 aromatic rings. The second kappa shape index (κ2) is 6.85. The number of ketones is 1. The normalized spacial score (nSPS) is 10.5. The molecule has 0 aliphatic carbocycles. The molecule has 1 heterocycles. The van der Waals surface area contributed by atoms with Gasteiger partial charge < -0.3 is 11.1 Å². The number of hydrogen-bond donors (Lipinski definition) is 2. The van der Waals surface area contributed by atoms with E-state index < -0.39 is 0 Å². The quantitative estimate of drug-likeness (QED) is 0.531. The van der Waals surface area contributed by atoms with E-state index in [9.17, 15) is 4.79 Å². The fourth-order valence-electron chi connectivity index (χ4n) is 2.09. The number of nitrogens with two attached hydrogens (primary N) is 1. The summed E-state index contributed by atoms with van der Waals surface area (Å²) < 4.78 is 0. The lowest BCUT2D eigenvalue weighted by Gasteiger charge is -2.03. The Hall–Kier alpha value is -2.31. The number of thioether (sulfide) groups is 1. The van der Waals surface area contributed by atoms with Crippen LogP contribution in [0.1, 0.15) is 15.2 Å². The predicted molar refractivity (Wildman–Crippen MR) is 97.9 cm³/mol. The van der Waals surface area contributed by atoms with Crippen LogP contribution in [-0.2, 0) is 0 Å². The molecule has 1 aromatic heterocycles. The fourth-order valence-corrected chi connectivity index (χ4v) is 3.42. The maximum Gasteiger partial charge on any atom is 0.206 e. The highest BCUT2D eigenvalue weighted by Crippen LogP contribution is 2.30. The van der Waals surface area contributed by atoms with E-state index in [1.165, 1.54) is 11.3 Å². The summed E-state index contributed by atoms with van der Waals surface area (Å²) in [5, 5.41) is 3.82. The summed E-state index contributed by atoms with van der Waals surface area (Å²) in [5.41, 5.74) is 7.45. The molecular formula is C17H15N3OS2. The lowest BCUT2D eigenvalue weighted by atomic mass is 10.1. The molecule has 3 N–H and O–H groups in total. The van der Waals surface area contributed by atoms with Crippen LogP contribution in [0.2, 0.25) is 0 Å². The van der Waals surface area contributed by atoms with Crippen LogP contribution in [0.25, 0.3) is 0 Å².